The summed E-state index contributed by atoms with van der Waals surface area (Å²) in [5.41, 5.74) is 1.42. The zero-order valence-electron chi connectivity index (χ0n) is 11.0. The van der Waals surface area contributed by atoms with Crippen LogP contribution in [0.4, 0.5) is 10.1 Å². The lowest BCUT2D eigenvalue weighted by molar-refractivity contribution is 0.565. The van der Waals surface area contributed by atoms with Crippen LogP contribution in [0.15, 0.2) is 51.8 Å². The fraction of sp³-hybridized carbons (Fsp3) is 0.143. The standard InChI is InChI=1S/C14H13BrFNO2S/c1-10-4-3-5-12(8-10)17(2)20(18,19)14-7-6-11(15)9-13(14)16/h3-9H,1-2H3. The molecule has 0 fully saturated rings. The van der Waals surface area contributed by atoms with Crippen LogP contribution in [0.3, 0.4) is 0 Å². The Morgan fingerprint density at radius 2 is 1.85 bits per heavy atom. The van der Waals surface area contributed by atoms with Gasteiger partial charge in [0.25, 0.3) is 10.0 Å². The van der Waals surface area contributed by atoms with E-state index < -0.39 is 15.8 Å². The summed E-state index contributed by atoms with van der Waals surface area (Å²) in [7, 11) is -2.51. The Morgan fingerprint density at radius 1 is 1.15 bits per heavy atom. The fourth-order valence-corrected chi connectivity index (χ4v) is 3.36. The molecule has 0 aromatic heterocycles. The largest absolute Gasteiger partial charge is 0.269 e. The molecule has 2 aromatic carbocycles. The zero-order chi connectivity index (χ0) is 14.9. The highest BCUT2D eigenvalue weighted by Gasteiger charge is 2.24. The topological polar surface area (TPSA) is 37.4 Å². The summed E-state index contributed by atoms with van der Waals surface area (Å²) in [6.07, 6.45) is 0. The summed E-state index contributed by atoms with van der Waals surface area (Å²) >= 11 is 3.11. The molecule has 0 saturated heterocycles. The van der Waals surface area contributed by atoms with Crippen molar-refractivity contribution in [3.05, 3.63) is 58.3 Å². The third-order valence-corrected chi connectivity index (χ3v) is 5.21. The number of sulfonamides is 1. The number of benzene rings is 2. The molecule has 106 valence electrons. The van der Waals surface area contributed by atoms with E-state index in [-0.39, 0.29) is 4.90 Å². The number of hydrogen-bond donors (Lipinski definition) is 0. The van der Waals surface area contributed by atoms with Crippen molar-refractivity contribution >= 4 is 31.6 Å². The van der Waals surface area contributed by atoms with Crippen LogP contribution in [0.5, 0.6) is 0 Å². The molecule has 0 aliphatic rings. The van der Waals surface area contributed by atoms with E-state index in [2.05, 4.69) is 15.9 Å². The van der Waals surface area contributed by atoms with Gasteiger partial charge in [-0.05, 0) is 42.8 Å². The van der Waals surface area contributed by atoms with E-state index in [4.69, 9.17) is 0 Å². The van der Waals surface area contributed by atoms with Gasteiger partial charge in [0.15, 0.2) is 0 Å². The predicted molar refractivity (Wildman–Crippen MR) is 80.9 cm³/mol. The van der Waals surface area contributed by atoms with Crippen LogP contribution in [0.25, 0.3) is 0 Å². The van der Waals surface area contributed by atoms with E-state index in [0.717, 1.165) is 15.9 Å². The van der Waals surface area contributed by atoms with Gasteiger partial charge >= 0.3 is 0 Å². The molecular formula is C14H13BrFNO2S. The van der Waals surface area contributed by atoms with Crippen molar-refractivity contribution < 1.29 is 12.8 Å². The minimum absolute atomic E-state index is 0.343. The molecule has 6 heteroatoms. The normalized spacial score (nSPS) is 11.4. The van der Waals surface area contributed by atoms with Crippen LogP contribution in [0, 0.1) is 12.7 Å². The molecular weight excluding hydrogens is 345 g/mol. The second-order valence-corrected chi connectivity index (χ2v) is 7.24. The first-order chi connectivity index (χ1) is 9.32. The van der Waals surface area contributed by atoms with Gasteiger partial charge in [-0.2, -0.15) is 0 Å². The first kappa shape index (κ1) is 15.0. The SMILES string of the molecule is Cc1cccc(N(C)S(=O)(=O)c2ccc(Br)cc2F)c1. The maximum Gasteiger partial charge on any atom is 0.266 e. The van der Waals surface area contributed by atoms with E-state index in [1.54, 1.807) is 18.2 Å². The number of nitrogens with zero attached hydrogens (tertiary/aromatic N) is 1. The number of hydrogen-bond acceptors (Lipinski definition) is 2. The first-order valence-electron chi connectivity index (χ1n) is 5.83. The quantitative estimate of drug-likeness (QED) is 0.839. The van der Waals surface area contributed by atoms with Crippen molar-refractivity contribution in [2.24, 2.45) is 0 Å². The Bertz CT molecular complexity index is 747. The Morgan fingerprint density at radius 3 is 2.45 bits per heavy atom. The number of aryl methyl sites for hydroxylation is 1. The molecule has 0 radical (unpaired) electrons. The predicted octanol–water partition coefficient (Wildman–Crippen LogP) is 3.72. The maximum absolute atomic E-state index is 13.9. The monoisotopic (exact) mass is 357 g/mol. The molecule has 0 heterocycles. The summed E-state index contributed by atoms with van der Waals surface area (Å²) in [6, 6.07) is 10.9. The van der Waals surface area contributed by atoms with E-state index >= 15 is 0 Å². The summed E-state index contributed by atoms with van der Waals surface area (Å²) in [5.74, 6) is -0.779. The van der Waals surface area contributed by atoms with Crippen LogP contribution in [0.1, 0.15) is 5.56 Å². The zero-order valence-corrected chi connectivity index (χ0v) is 13.4. The molecule has 2 aromatic rings. The van der Waals surface area contributed by atoms with Gasteiger partial charge in [0.1, 0.15) is 10.7 Å². The highest BCUT2D eigenvalue weighted by atomic mass is 79.9. The minimum Gasteiger partial charge on any atom is -0.269 e. The molecule has 0 atom stereocenters. The van der Waals surface area contributed by atoms with Gasteiger partial charge < -0.3 is 0 Å². The highest BCUT2D eigenvalue weighted by Crippen LogP contribution is 2.26. The van der Waals surface area contributed by atoms with E-state index in [0.29, 0.717) is 10.2 Å². The van der Waals surface area contributed by atoms with Crippen LogP contribution in [-0.4, -0.2) is 15.5 Å². The summed E-state index contributed by atoms with van der Waals surface area (Å²) in [4.78, 5) is -0.343. The van der Waals surface area contributed by atoms with E-state index in [1.807, 2.05) is 13.0 Å². The summed E-state index contributed by atoms with van der Waals surface area (Å²) in [5, 5.41) is 0. The van der Waals surface area contributed by atoms with Crippen LogP contribution < -0.4 is 4.31 Å². The lowest BCUT2D eigenvalue weighted by Gasteiger charge is -2.20. The van der Waals surface area contributed by atoms with Gasteiger partial charge in [-0.15, -0.1) is 0 Å². The average Bonchev–Trinajstić information content (AvgIpc) is 2.37. The van der Waals surface area contributed by atoms with Gasteiger partial charge in [-0.3, -0.25) is 4.31 Å². The second kappa shape index (κ2) is 5.54. The van der Waals surface area contributed by atoms with Gasteiger partial charge in [0.2, 0.25) is 0 Å². The smallest absolute Gasteiger partial charge is 0.266 e. The van der Waals surface area contributed by atoms with Gasteiger partial charge in [0.05, 0.1) is 5.69 Å². The molecule has 0 aliphatic heterocycles. The molecule has 0 bridgehead atoms. The fourth-order valence-electron chi connectivity index (χ4n) is 1.79. The second-order valence-electron chi connectivity index (χ2n) is 4.39. The maximum atomic E-state index is 13.9. The van der Waals surface area contributed by atoms with Crippen molar-refractivity contribution in [1.82, 2.24) is 0 Å². The summed E-state index contributed by atoms with van der Waals surface area (Å²) < 4.78 is 40.3. The molecule has 0 spiro atoms. The molecule has 20 heavy (non-hydrogen) atoms. The summed E-state index contributed by atoms with van der Waals surface area (Å²) in [6.45, 7) is 1.87. The van der Waals surface area contributed by atoms with Crippen molar-refractivity contribution in [3.8, 4) is 0 Å². The van der Waals surface area contributed by atoms with Crippen LogP contribution in [-0.2, 0) is 10.0 Å². The van der Waals surface area contributed by atoms with Crippen molar-refractivity contribution in [1.29, 1.82) is 0 Å². The number of rotatable bonds is 3. The van der Waals surface area contributed by atoms with Crippen LogP contribution >= 0.6 is 15.9 Å². The van der Waals surface area contributed by atoms with Gasteiger partial charge in [-0.1, -0.05) is 28.1 Å². The third-order valence-electron chi connectivity index (χ3n) is 2.90. The Kier molecular flexibility index (Phi) is 4.15. The van der Waals surface area contributed by atoms with Gasteiger partial charge in [0, 0.05) is 11.5 Å². The van der Waals surface area contributed by atoms with Gasteiger partial charge in [-0.25, -0.2) is 12.8 Å². The average molecular weight is 358 g/mol. The van der Waals surface area contributed by atoms with E-state index in [9.17, 15) is 12.8 Å². The highest BCUT2D eigenvalue weighted by molar-refractivity contribution is 9.10. The Labute approximate surface area is 126 Å². The minimum atomic E-state index is -3.92. The van der Waals surface area contributed by atoms with Crippen molar-refractivity contribution in [2.45, 2.75) is 11.8 Å². The van der Waals surface area contributed by atoms with Crippen molar-refractivity contribution in [3.63, 3.8) is 0 Å². The third kappa shape index (κ3) is 2.86. The van der Waals surface area contributed by atoms with Crippen LogP contribution in [0.2, 0.25) is 0 Å². The molecule has 2 rings (SSSR count). The molecule has 0 saturated carbocycles. The lowest BCUT2D eigenvalue weighted by atomic mass is 10.2. The molecule has 0 amide bonds. The Hall–Kier alpha value is -1.40. The van der Waals surface area contributed by atoms with E-state index in [1.165, 1.54) is 19.2 Å². The molecule has 0 unspecified atom stereocenters. The Balaban J connectivity index is 2.49. The molecule has 0 aliphatic carbocycles. The molecule has 3 nitrogen and oxygen atoms in total. The first-order valence-corrected chi connectivity index (χ1v) is 8.06. The molecule has 0 N–H and O–H groups in total. The number of anilines is 1. The number of halogens is 2. The van der Waals surface area contributed by atoms with Crippen molar-refractivity contribution in [2.75, 3.05) is 11.4 Å². The lowest BCUT2D eigenvalue weighted by Crippen LogP contribution is -2.27.